The topological polar surface area (TPSA) is 84.1 Å². The van der Waals surface area contributed by atoms with E-state index in [9.17, 15) is 4.79 Å². The Hall–Kier alpha value is -1.69. The molecule has 6 nitrogen and oxygen atoms in total. The molecule has 17 heavy (non-hydrogen) atoms. The van der Waals surface area contributed by atoms with Gasteiger partial charge in [-0.1, -0.05) is 0 Å². The molecule has 1 amide bonds. The van der Waals surface area contributed by atoms with Crippen LogP contribution in [0.3, 0.4) is 0 Å². The number of carbonyl (C=O) groups excluding carboxylic acids is 1. The third kappa shape index (κ3) is 1.84. The minimum absolute atomic E-state index is 0.217. The minimum atomic E-state index is -0.536. The monoisotopic (exact) mass is 233 g/mol. The molecule has 0 radical (unpaired) electrons. The Morgan fingerprint density at radius 1 is 1.29 bits per heavy atom. The fourth-order valence-corrected chi connectivity index (χ4v) is 2.67. The second-order valence-corrected chi connectivity index (χ2v) is 4.72. The van der Waals surface area contributed by atoms with Gasteiger partial charge in [-0.25, -0.2) is 0 Å². The average molecular weight is 233 g/mol. The first-order valence-corrected chi connectivity index (χ1v) is 5.83. The molecule has 1 aromatic heterocycles. The van der Waals surface area contributed by atoms with Crippen molar-refractivity contribution in [3.8, 4) is 0 Å². The maximum Gasteiger partial charge on any atom is 0.269 e. The molecule has 0 bridgehead atoms. The Morgan fingerprint density at radius 2 is 2.00 bits per heavy atom. The summed E-state index contributed by atoms with van der Waals surface area (Å²) < 4.78 is 0. The van der Waals surface area contributed by atoms with Crippen molar-refractivity contribution in [1.82, 2.24) is 15.5 Å². The number of rotatable bonds is 2. The molecule has 3 rings (SSSR count). The third-order valence-electron chi connectivity index (χ3n) is 3.62. The van der Waals surface area contributed by atoms with Crippen LogP contribution in [0.15, 0.2) is 12.1 Å². The molecule has 2 unspecified atom stereocenters. The zero-order valence-electron chi connectivity index (χ0n) is 9.47. The van der Waals surface area contributed by atoms with E-state index in [2.05, 4.69) is 20.4 Å². The van der Waals surface area contributed by atoms with Gasteiger partial charge < -0.3 is 16.0 Å². The molecule has 2 aliphatic heterocycles. The lowest BCUT2D eigenvalue weighted by atomic mass is 10.0. The van der Waals surface area contributed by atoms with Crippen molar-refractivity contribution < 1.29 is 4.79 Å². The standard InChI is InChI=1S/C11H15N5O/c12-11(17)9-1-2-10(15-14-9)16-5-7-3-13-4-8(7)6-16/h1-2,7-8,13H,3-6H2,(H2,12,17). The predicted octanol–water partition coefficient (Wildman–Crippen LogP) is -0.769. The summed E-state index contributed by atoms with van der Waals surface area (Å²) in [7, 11) is 0. The van der Waals surface area contributed by atoms with Crippen molar-refractivity contribution in [2.45, 2.75) is 0 Å². The zero-order chi connectivity index (χ0) is 11.8. The van der Waals surface area contributed by atoms with E-state index in [0.717, 1.165) is 32.0 Å². The summed E-state index contributed by atoms with van der Waals surface area (Å²) in [6.45, 7) is 4.21. The van der Waals surface area contributed by atoms with Gasteiger partial charge in [0, 0.05) is 26.2 Å². The molecule has 0 aliphatic carbocycles. The zero-order valence-corrected chi connectivity index (χ0v) is 9.47. The Morgan fingerprint density at radius 3 is 2.53 bits per heavy atom. The number of aromatic nitrogens is 2. The van der Waals surface area contributed by atoms with Crippen LogP contribution in [0.4, 0.5) is 5.82 Å². The van der Waals surface area contributed by atoms with Crippen molar-refractivity contribution in [2.75, 3.05) is 31.1 Å². The molecule has 0 aromatic carbocycles. The van der Waals surface area contributed by atoms with Gasteiger partial charge in [0.05, 0.1) is 0 Å². The average Bonchev–Trinajstić information content (AvgIpc) is 2.89. The molecular weight excluding hydrogens is 218 g/mol. The number of primary amides is 1. The van der Waals surface area contributed by atoms with E-state index in [0.29, 0.717) is 11.8 Å². The number of nitrogens with one attached hydrogen (secondary N) is 1. The number of hydrogen-bond donors (Lipinski definition) is 2. The van der Waals surface area contributed by atoms with Crippen LogP contribution in [-0.4, -0.2) is 42.3 Å². The second kappa shape index (κ2) is 3.96. The lowest BCUT2D eigenvalue weighted by molar-refractivity contribution is 0.0994. The number of anilines is 1. The molecule has 2 atom stereocenters. The molecule has 0 spiro atoms. The largest absolute Gasteiger partial charge is 0.364 e. The molecule has 6 heteroatoms. The molecule has 3 heterocycles. The van der Waals surface area contributed by atoms with Crippen molar-refractivity contribution in [3.63, 3.8) is 0 Å². The van der Waals surface area contributed by atoms with Gasteiger partial charge in [0.25, 0.3) is 5.91 Å². The van der Waals surface area contributed by atoms with Gasteiger partial charge >= 0.3 is 0 Å². The van der Waals surface area contributed by atoms with Crippen LogP contribution >= 0.6 is 0 Å². The molecule has 1 aromatic rings. The minimum Gasteiger partial charge on any atom is -0.364 e. The van der Waals surface area contributed by atoms with Gasteiger partial charge in [-0.05, 0) is 24.0 Å². The number of carbonyl (C=O) groups is 1. The Labute approximate surface area is 99.2 Å². The molecule has 2 saturated heterocycles. The van der Waals surface area contributed by atoms with Gasteiger partial charge in [-0.15, -0.1) is 10.2 Å². The summed E-state index contributed by atoms with van der Waals surface area (Å²) in [6.07, 6.45) is 0. The SMILES string of the molecule is NC(=O)c1ccc(N2CC3CNCC3C2)nn1. The van der Waals surface area contributed by atoms with Gasteiger partial charge in [0.2, 0.25) is 0 Å². The van der Waals surface area contributed by atoms with Gasteiger partial charge in [-0.3, -0.25) is 4.79 Å². The number of amides is 1. The molecule has 2 fully saturated rings. The summed E-state index contributed by atoms with van der Waals surface area (Å²) in [4.78, 5) is 13.1. The van der Waals surface area contributed by atoms with E-state index >= 15 is 0 Å². The number of nitrogens with two attached hydrogens (primary N) is 1. The second-order valence-electron chi connectivity index (χ2n) is 4.72. The van der Waals surface area contributed by atoms with E-state index in [4.69, 9.17) is 5.73 Å². The maximum atomic E-state index is 10.9. The van der Waals surface area contributed by atoms with E-state index in [1.54, 1.807) is 6.07 Å². The first-order chi connectivity index (χ1) is 8.24. The van der Waals surface area contributed by atoms with Crippen LogP contribution in [0.25, 0.3) is 0 Å². The Bertz CT molecular complexity index is 420. The lowest BCUT2D eigenvalue weighted by Gasteiger charge is -2.17. The van der Waals surface area contributed by atoms with Crippen LogP contribution in [0, 0.1) is 11.8 Å². The number of fused-ring (bicyclic) bond motifs is 1. The molecule has 90 valence electrons. The van der Waals surface area contributed by atoms with Gasteiger partial charge in [0.15, 0.2) is 11.5 Å². The predicted molar refractivity (Wildman–Crippen MR) is 62.6 cm³/mol. The van der Waals surface area contributed by atoms with Crippen LogP contribution in [0.5, 0.6) is 0 Å². The smallest absolute Gasteiger partial charge is 0.269 e. The first-order valence-electron chi connectivity index (χ1n) is 5.83. The normalized spacial score (nSPS) is 27.2. The Balaban J connectivity index is 1.75. The summed E-state index contributed by atoms with van der Waals surface area (Å²) in [5, 5.41) is 11.3. The van der Waals surface area contributed by atoms with Crippen LogP contribution in [0.1, 0.15) is 10.5 Å². The quantitative estimate of drug-likeness (QED) is 0.701. The molecule has 2 aliphatic rings. The molecule has 0 saturated carbocycles. The van der Waals surface area contributed by atoms with Crippen molar-refractivity contribution in [1.29, 1.82) is 0 Å². The highest BCUT2D eigenvalue weighted by Crippen LogP contribution is 2.28. The highest BCUT2D eigenvalue weighted by Gasteiger charge is 2.36. The highest BCUT2D eigenvalue weighted by molar-refractivity contribution is 5.90. The summed E-state index contributed by atoms with van der Waals surface area (Å²) in [5.41, 5.74) is 5.35. The maximum absolute atomic E-state index is 10.9. The van der Waals surface area contributed by atoms with Crippen molar-refractivity contribution >= 4 is 11.7 Å². The summed E-state index contributed by atoms with van der Waals surface area (Å²) in [6, 6.07) is 3.46. The van der Waals surface area contributed by atoms with E-state index in [1.807, 2.05) is 6.07 Å². The lowest BCUT2D eigenvalue weighted by Crippen LogP contribution is -2.26. The third-order valence-corrected chi connectivity index (χ3v) is 3.62. The van der Waals surface area contributed by atoms with Crippen LogP contribution in [0.2, 0.25) is 0 Å². The fourth-order valence-electron chi connectivity index (χ4n) is 2.67. The summed E-state index contributed by atoms with van der Waals surface area (Å²) in [5.74, 6) is 1.73. The number of hydrogen-bond acceptors (Lipinski definition) is 5. The highest BCUT2D eigenvalue weighted by atomic mass is 16.1. The Kier molecular flexibility index (Phi) is 2.44. The van der Waals surface area contributed by atoms with Gasteiger partial charge in [0.1, 0.15) is 0 Å². The van der Waals surface area contributed by atoms with Crippen molar-refractivity contribution in [3.05, 3.63) is 17.8 Å². The molecular formula is C11H15N5O. The van der Waals surface area contributed by atoms with E-state index < -0.39 is 5.91 Å². The summed E-state index contributed by atoms with van der Waals surface area (Å²) >= 11 is 0. The van der Waals surface area contributed by atoms with Crippen LogP contribution in [-0.2, 0) is 0 Å². The number of nitrogens with zero attached hydrogens (tertiary/aromatic N) is 3. The fraction of sp³-hybridized carbons (Fsp3) is 0.545. The van der Waals surface area contributed by atoms with E-state index in [-0.39, 0.29) is 5.69 Å². The van der Waals surface area contributed by atoms with Crippen molar-refractivity contribution in [2.24, 2.45) is 17.6 Å². The van der Waals surface area contributed by atoms with Gasteiger partial charge in [-0.2, -0.15) is 0 Å². The van der Waals surface area contributed by atoms with E-state index in [1.165, 1.54) is 0 Å². The molecule has 3 N–H and O–H groups in total. The first kappa shape index (κ1) is 10.5. The van der Waals surface area contributed by atoms with Crippen LogP contribution < -0.4 is 16.0 Å².